The molecule has 0 bridgehead atoms. The van der Waals surface area contributed by atoms with Crippen molar-refractivity contribution in [2.24, 2.45) is 0 Å². The van der Waals surface area contributed by atoms with Gasteiger partial charge in [-0.25, -0.2) is 4.98 Å². The minimum Gasteiger partial charge on any atom is -0.492 e. The van der Waals surface area contributed by atoms with Crippen LogP contribution in [-0.4, -0.2) is 21.9 Å². The van der Waals surface area contributed by atoms with Crippen LogP contribution in [0, 0.1) is 0 Å². The smallest absolute Gasteiger partial charge is 0.189 e. The quantitative estimate of drug-likeness (QED) is 0.647. The van der Waals surface area contributed by atoms with Crippen molar-refractivity contribution in [3.63, 3.8) is 0 Å². The summed E-state index contributed by atoms with van der Waals surface area (Å²) < 4.78 is 7.80. The van der Waals surface area contributed by atoms with Crippen LogP contribution in [0.5, 0.6) is 5.75 Å². The number of hydrogen-bond acceptors (Lipinski definition) is 4. The maximum Gasteiger partial charge on any atom is 0.189 e. The fraction of sp³-hybridized carbons (Fsp3) is 0.200. The third-order valence-electron chi connectivity index (χ3n) is 4.31. The second kappa shape index (κ2) is 7.07. The van der Waals surface area contributed by atoms with Gasteiger partial charge in [-0.3, -0.25) is 4.79 Å². The Balaban J connectivity index is 1.46. The molecule has 0 saturated carbocycles. The zero-order chi connectivity index (χ0) is 17.1. The van der Waals surface area contributed by atoms with Crippen molar-refractivity contribution in [3.8, 4) is 5.75 Å². The molecule has 0 fully saturated rings. The molecule has 2 heterocycles. The topological polar surface area (TPSA) is 44.1 Å². The van der Waals surface area contributed by atoms with Crippen LogP contribution in [0.25, 0.3) is 6.08 Å². The van der Waals surface area contributed by atoms with Crippen molar-refractivity contribution in [2.45, 2.75) is 19.4 Å². The summed E-state index contributed by atoms with van der Waals surface area (Å²) in [5, 5.41) is 2.03. The van der Waals surface area contributed by atoms with E-state index in [4.69, 9.17) is 4.74 Å². The van der Waals surface area contributed by atoms with Crippen molar-refractivity contribution in [1.82, 2.24) is 9.55 Å². The lowest BCUT2D eigenvalue weighted by atomic mass is 9.86. The first-order chi connectivity index (χ1) is 12.3. The Morgan fingerprint density at radius 2 is 2.24 bits per heavy atom. The molecule has 0 atom stereocenters. The summed E-state index contributed by atoms with van der Waals surface area (Å²) in [7, 11) is 0. The minimum absolute atomic E-state index is 0.139. The van der Waals surface area contributed by atoms with Crippen LogP contribution >= 0.6 is 11.3 Å². The number of carbonyl (C=O) groups is 1. The Bertz CT molecular complexity index is 896. The Morgan fingerprint density at radius 3 is 3.04 bits per heavy atom. The molecule has 0 radical (unpaired) electrons. The summed E-state index contributed by atoms with van der Waals surface area (Å²) in [5.41, 5.74) is 2.77. The number of rotatable bonds is 5. The lowest BCUT2D eigenvalue weighted by Crippen LogP contribution is -2.14. The second-order valence-corrected chi connectivity index (χ2v) is 6.96. The largest absolute Gasteiger partial charge is 0.492 e. The van der Waals surface area contributed by atoms with Crippen LogP contribution in [0.15, 0.2) is 60.0 Å². The molecule has 0 unspecified atom stereocenters. The van der Waals surface area contributed by atoms with E-state index >= 15 is 0 Å². The van der Waals surface area contributed by atoms with E-state index in [1.54, 1.807) is 23.9 Å². The van der Waals surface area contributed by atoms with Crippen LogP contribution in [0.2, 0.25) is 0 Å². The molecule has 5 heteroatoms. The highest BCUT2D eigenvalue weighted by Crippen LogP contribution is 2.30. The minimum atomic E-state index is 0.139. The van der Waals surface area contributed by atoms with Gasteiger partial charge >= 0.3 is 0 Å². The van der Waals surface area contributed by atoms with Gasteiger partial charge in [0.25, 0.3) is 0 Å². The van der Waals surface area contributed by atoms with Gasteiger partial charge in [0.1, 0.15) is 12.4 Å². The molecular weight excluding hydrogens is 332 g/mol. The van der Waals surface area contributed by atoms with E-state index in [1.165, 1.54) is 0 Å². The number of allylic oxidation sites excluding steroid dienone is 1. The van der Waals surface area contributed by atoms with Crippen molar-refractivity contribution in [3.05, 3.63) is 76.0 Å². The zero-order valence-electron chi connectivity index (χ0n) is 13.7. The first-order valence-corrected chi connectivity index (χ1v) is 9.18. The highest BCUT2D eigenvalue weighted by atomic mass is 32.1. The summed E-state index contributed by atoms with van der Waals surface area (Å²) in [6.45, 7) is 1.33. The normalized spacial score (nSPS) is 15.4. The summed E-state index contributed by atoms with van der Waals surface area (Å²) in [6.07, 6.45) is 9.11. The molecule has 3 aromatic rings. The van der Waals surface area contributed by atoms with Crippen LogP contribution in [0.4, 0.5) is 0 Å². The lowest BCUT2D eigenvalue weighted by molar-refractivity contribution is 0.102. The Kier molecular flexibility index (Phi) is 4.48. The number of imidazole rings is 1. The molecule has 4 rings (SSSR count). The number of carbonyl (C=O) groups excluding carboxylic acids is 1. The van der Waals surface area contributed by atoms with E-state index in [9.17, 15) is 4.79 Å². The van der Waals surface area contributed by atoms with Gasteiger partial charge in [0, 0.05) is 28.4 Å². The molecule has 2 aromatic heterocycles. The van der Waals surface area contributed by atoms with Crippen molar-refractivity contribution in [2.75, 3.05) is 6.61 Å². The summed E-state index contributed by atoms with van der Waals surface area (Å²) >= 11 is 1.66. The van der Waals surface area contributed by atoms with Crippen LogP contribution < -0.4 is 4.74 Å². The highest BCUT2D eigenvalue weighted by Gasteiger charge is 2.22. The van der Waals surface area contributed by atoms with E-state index in [0.29, 0.717) is 6.61 Å². The molecule has 4 nitrogen and oxygen atoms in total. The summed E-state index contributed by atoms with van der Waals surface area (Å²) in [6, 6.07) is 9.83. The molecule has 0 aliphatic heterocycles. The van der Waals surface area contributed by atoms with Gasteiger partial charge in [-0.15, -0.1) is 11.3 Å². The maximum absolute atomic E-state index is 12.7. The molecular formula is C20H18N2O2S. The number of aryl methyl sites for hydroxylation is 1. The number of fused-ring (bicyclic) bond motifs is 1. The molecule has 1 aliphatic carbocycles. The predicted molar refractivity (Wildman–Crippen MR) is 99.1 cm³/mol. The molecule has 0 saturated heterocycles. The van der Waals surface area contributed by atoms with E-state index in [0.717, 1.165) is 46.7 Å². The van der Waals surface area contributed by atoms with Crippen LogP contribution in [0.1, 0.15) is 27.2 Å². The molecule has 1 aliphatic rings. The van der Waals surface area contributed by atoms with Gasteiger partial charge in [-0.2, -0.15) is 0 Å². The number of Topliss-reactive ketones (excluding diaryl/α,β-unsaturated/α-hetero) is 1. The van der Waals surface area contributed by atoms with Crippen molar-refractivity contribution in [1.29, 1.82) is 0 Å². The second-order valence-electron chi connectivity index (χ2n) is 5.98. The van der Waals surface area contributed by atoms with Gasteiger partial charge in [0.05, 0.1) is 12.9 Å². The predicted octanol–water partition coefficient (Wildman–Crippen LogP) is 4.24. The Hall–Kier alpha value is -2.66. The van der Waals surface area contributed by atoms with E-state index in [2.05, 4.69) is 4.98 Å². The maximum atomic E-state index is 12.7. The lowest BCUT2D eigenvalue weighted by Gasteiger charge is -2.18. The number of nitrogens with zero attached hydrogens (tertiary/aromatic N) is 2. The van der Waals surface area contributed by atoms with Gasteiger partial charge in [0.15, 0.2) is 5.78 Å². The van der Waals surface area contributed by atoms with Gasteiger partial charge < -0.3 is 9.30 Å². The molecule has 0 amide bonds. The van der Waals surface area contributed by atoms with Gasteiger partial charge in [-0.1, -0.05) is 6.07 Å². The summed E-state index contributed by atoms with van der Waals surface area (Å²) in [5.74, 6) is 0.956. The number of benzene rings is 1. The molecule has 25 heavy (non-hydrogen) atoms. The average Bonchev–Trinajstić information content (AvgIpc) is 3.31. The average molecular weight is 350 g/mol. The monoisotopic (exact) mass is 350 g/mol. The van der Waals surface area contributed by atoms with Gasteiger partial charge in [0.2, 0.25) is 0 Å². The standard InChI is InChI=1S/C20H18N2O2S/c23-20-16(13-18-2-1-11-25-18)4-3-15-12-17(5-6-19(15)20)24-10-9-22-8-7-21-14-22/h1-2,5-8,11-14H,3-4,9-10H2/b16-13-. The fourth-order valence-electron chi connectivity index (χ4n) is 3.01. The third-order valence-corrected chi connectivity index (χ3v) is 5.13. The van der Waals surface area contributed by atoms with Crippen molar-refractivity contribution < 1.29 is 9.53 Å². The number of ketones is 1. The SMILES string of the molecule is O=C1/C(=C\c2cccs2)CCc2cc(OCCn3ccnc3)ccc21. The van der Waals surface area contributed by atoms with E-state index in [1.807, 2.05) is 52.6 Å². The molecule has 0 N–H and O–H groups in total. The van der Waals surface area contributed by atoms with E-state index in [-0.39, 0.29) is 5.78 Å². The van der Waals surface area contributed by atoms with Gasteiger partial charge in [-0.05, 0) is 54.1 Å². The Labute approximate surface area is 150 Å². The number of thiophene rings is 1. The number of ether oxygens (including phenoxy) is 1. The first-order valence-electron chi connectivity index (χ1n) is 8.30. The van der Waals surface area contributed by atoms with Crippen LogP contribution in [0.3, 0.4) is 0 Å². The molecule has 126 valence electrons. The fourth-order valence-corrected chi connectivity index (χ4v) is 3.70. The zero-order valence-corrected chi connectivity index (χ0v) is 14.5. The van der Waals surface area contributed by atoms with Crippen LogP contribution in [-0.2, 0) is 13.0 Å². The van der Waals surface area contributed by atoms with Crippen molar-refractivity contribution >= 4 is 23.2 Å². The highest BCUT2D eigenvalue weighted by molar-refractivity contribution is 7.10. The molecule has 1 aromatic carbocycles. The molecule has 0 spiro atoms. The Morgan fingerprint density at radius 1 is 1.28 bits per heavy atom. The number of aromatic nitrogens is 2. The third kappa shape index (κ3) is 3.56. The number of hydrogen-bond donors (Lipinski definition) is 0. The van der Waals surface area contributed by atoms with E-state index < -0.39 is 0 Å². The first kappa shape index (κ1) is 15.8. The summed E-state index contributed by atoms with van der Waals surface area (Å²) in [4.78, 5) is 17.9.